The number of ketones is 1. The minimum atomic E-state index is -0.895. The van der Waals surface area contributed by atoms with Gasteiger partial charge in [-0.25, -0.2) is 0 Å². The van der Waals surface area contributed by atoms with E-state index in [0.29, 0.717) is 13.0 Å². The van der Waals surface area contributed by atoms with Gasteiger partial charge in [0.25, 0.3) is 5.91 Å². The molecule has 5 nitrogen and oxygen atoms in total. The predicted octanol–water partition coefficient (Wildman–Crippen LogP) is -0.745. The van der Waals surface area contributed by atoms with Gasteiger partial charge < -0.3 is 10.1 Å². The van der Waals surface area contributed by atoms with Crippen molar-refractivity contribution in [2.45, 2.75) is 13.3 Å². The summed E-state index contributed by atoms with van der Waals surface area (Å²) in [5.74, 6) is -2.87. The molecule has 1 N–H and O–H groups in total. The summed E-state index contributed by atoms with van der Waals surface area (Å²) >= 11 is 0. The maximum Gasteiger partial charge on any atom is 0.317 e. The summed E-state index contributed by atoms with van der Waals surface area (Å²) in [6.07, 6.45) is 0.337. The van der Waals surface area contributed by atoms with E-state index in [0.717, 1.165) is 0 Å². The Morgan fingerprint density at radius 3 is 2.92 bits per heavy atom. The molecule has 1 atom stereocenters. The summed E-state index contributed by atoms with van der Waals surface area (Å²) in [5, 5.41) is 2.36. The van der Waals surface area contributed by atoms with E-state index in [1.807, 2.05) is 0 Å². The molecule has 0 bridgehead atoms. The van der Waals surface area contributed by atoms with Crippen LogP contribution in [-0.2, 0) is 19.1 Å². The number of hydrogen-bond acceptors (Lipinski definition) is 4. The van der Waals surface area contributed by atoms with Crippen LogP contribution in [0.2, 0.25) is 0 Å². The van der Waals surface area contributed by atoms with Gasteiger partial charge in [-0.1, -0.05) is 0 Å². The first kappa shape index (κ1) is 9.70. The van der Waals surface area contributed by atoms with Gasteiger partial charge in [-0.15, -0.1) is 0 Å². The number of amides is 1. The SMILES string of the molecule is CCOC(=O)[C@H]1CCNC(=O)C1=O. The summed E-state index contributed by atoms with van der Waals surface area (Å²) < 4.78 is 4.66. The number of esters is 1. The highest BCUT2D eigenvalue weighted by Gasteiger charge is 2.35. The van der Waals surface area contributed by atoms with E-state index in [9.17, 15) is 14.4 Å². The number of carbonyl (C=O) groups excluding carboxylic acids is 3. The fourth-order valence-corrected chi connectivity index (χ4v) is 1.17. The summed E-state index contributed by atoms with van der Waals surface area (Å²) in [6.45, 7) is 2.24. The third-order valence-corrected chi connectivity index (χ3v) is 1.83. The number of ether oxygens (including phenoxy) is 1. The van der Waals surface area contributed by atoms with Gasteiger partial charge in [0.2, 0.25) is 5.78 Å². The van der Waals surface area contributed by atoms with Crippen LogP contribution in [-0.4, -0.2) is 30.8 Å². The molecule has 5 heteroatoms. The molecule has 13 heavy (non-hydrogen) atoms. The van der Waals surface area contributed by atoms with Crippen LogP contribution in [0.1, 0.15) is 13.3 Å². The Labute approximate surface area is 75.4 Å². The van der Waals surface area contributed by atoms with E-state index >= 15 is 0 Å². The molecule has 1 saturated heterocycles. The van der Waals surface area contributed by atoms with Gasteiger partial charge in [-0.2, -0.15) is 0 Å². The van der Waals surface area contributed by atoms with Gasteiger partial charge >= 0.3 is 5.97 Å². The summed E-state index contributed by atoms with van der Waals surface area (Å²) in [6, 6.07) is 0. The molecular formula is C8H11NO4. The van der Waals surface area contributed by atoms with E-state index in [1.54, 1.807) is 6.92 Å². The number of piperidine rings is 1. The van der Waals surface area contributed by atoms with Crippen LogP contribution in [0.15, 0.2) is 0 Å². The van der Waals surface area contributed by atoms with E-state index in [4.69, 9.17) is 0 Å². The second-order valence-corrected chi connectivity index (χ2v) is 2.71. The number of hydrogen-bond donors (Lipinski definition) is 1. The standard InChI is InChI=1S/C8H11NO4/c1-2-13-8(12)5-3-4-9-7(11)6(5)10/h5H,2-4H2,1H3,(H,9,11)/t5-/m0/s1. The highest BCUT2D eigenvalue weighted by molar-refractivity contribution is 6.40. The Morgan fingerprint density at radius 2 is 2.31 bits per heavy atom. The lowest BCUT2D eigenvalue weighted by atomic mass is 9.96. The minimum absolute atomic E-state index is 0.226. The molecule has 1 rings (SSSR count). The highest BCUT2D eigenvalue weighted by atomic mass is 16.5. The molecule has 0 aromatic heterocycles. The van der Waals surface area contributed by atoms with Crippen molar-refractivity contribution in [3.05, 3.63) is 0 Å². The molecule has 1 fully saturated rings. The van der Waals surface area contributed by atoms with E-state index in [2.05, 4.69) is 10.1 Å². The van der Waals surface area contributed by atoms with Crippen molar-refractivity contribution in [2.24, 2.45) is 5.92 Å². The lowest BCUT2D eigenvalue weighted by Gasteiger charge is -2.18. The van der Waals surface area contributed by atoms with Gasteiger partial charge in [-0.3, -0.25) is 14.4 Å². The molecule has 0 aromatic rings. The molecular weight excluding hydrogens is 174 g/mol. The zero-order valence-corrected chi connectivity index (χ0v) is 7.33. The first-order valence-electron chi connectivity index (χ1n) is 4.15. The monoisotopic (exact) mass is 185 g/mol. The van der Waals surface area contributed by atoms with Crippen LogP contribution < -0.4 is 5.32 Å². The Morgan fingerprint density at radius 1 is 1.62 bits per heavy atom. The Bertz CT molecular complexity index is 249. The molecule has 0 saturated carbocycles. The van der Waals surface area contributed by atoms with Crippen molar-refractivity contribution in [3.8, 4) is 0 Å². The van der Waals surface area contributed by atoms with Crippen molar-refractivity contribution in [1.82, 2.24) is 5.32 Å². The smallest absolute Gasteiger partial charge is 0.317 e. The van der Waals surface area contributed by atoms with Crippen LogP contribution >= 0.6 is 0 Å². The zero-order valence-electron chi connectivity index (χ0n) is 7.33. The maximum absolute atomic E-state index is 11.1. The van der Waals surface area contributed by atoms with Gasteiger partial charge in [0.05, 0.1) is 6.61 Å². The second-order valence-electron chi connectivity index (χ2n) is 2.71. The van der Waals surface area contributed by atoms with Crippen molar-refractivity contribution in [1.29, 1.82) is 0 Å². The van der Waals surface area contributed by atoms with E-state index in [1.165, 1.54) is 0 Å². The number of nitrogens with one attached hydrogen (secondary N) is 1. The third-order valence-electron chi connectivity index (χ3n) is 1.83. The molecule has 0 radical (unpaired) electrons. The zero-order chi connectivity index (χ0) is 9.84. The highest BCUT2D eigenvalue weighted by Crippen LogP contribution is 2.10. The van der Waals surface area contributed by atoms with E-state index < -0.39 is 23.6 Å². The maximum atomic E-state index is 11.1. The molecule has 1 aliphatic rings. The lowest BCUT2D eigenvalue weighted by Crippen LogP contribution is -2.45. The normalized spacial score (nSPS) is 22.4. The molecule has 1 amide bonds. The molecule has 0 aliphatic carbocycles. The van der Waals surface area contributed by atoms with Gasteiger partial charge in [0.1, 0.15) is 5.92 Å². The fraction of sp³-hybridized carbons (Fsp3) is 0.625. The largest absolute Gasteiger partial charge is 0.465 e. The minimum Gasteiger partial charge on any atom is -0.465 e. The van der Waals surface area contributed by atoms with Crippen LogP contribution in [0.25, 0.3) is 0 Å². The first-order valence-corrected chi connectivity index (χ1v) is 4.15. The van der Waals surface area contributed by atoms with Gasteiger partial charge in [0.15, 0.2) is 0 Å². The molecule has 1 aliphatic heterocycles. The summed E-state index contributed by atoms with van der Waals surface area (Å²) in [7, 11) is 0. The molecule has 0 unspecified atom stereocenters. The Hall–Kier alpha value is -1.39. The molecule has 0 spiro atoms. The average Bonchev–Trinajstić information content (AvgIpc) is 2.10. The van der Waals surface area contributed by atoms with Crippen molar-refractivity contribution in [2.75, 3.05) is 13.2 Å². The van der Waals surface area contributed by atoms with Crippen LogP contribution in [0.3, 0.4) is 0 Å². The number of carbonyl (C=O) groups is 3. The van der Waals surface area contributed by atoms with Gasteiger partial charge in [0, 0.05) is 6.54 Å². The molecule has 0 aromatic carbocycles. The number of Topliss-reactive ketones (excluding diaryl/α,β-unsaturated/α-hetero) is 1. The second kappa shape index (κ2) is 4.02. The van der Waals surface area contributed by atoms with Crippen molar-refractivity contribution in [3.63, 3.8) is 0 Å². The summed E-state index contributed by atoms with van der Waals surface area (Å²) in [4.78, 5) is 33.1. The Kier molecular flexibility index (Phi) is 3.00. The van der Waals surface area contributed by atoms with Crippen molar-refractivity contribution < 1.29 is 19.1 Å². The lowest BCUT2D eigenvalue weighted by molar-refractivity contribution is -0.156. The van der Waals surface area contributed by atoms with E-state index in [-0.39, 0.29) is 6.61 Å². The molecule has 1 heterocycles. The average molecular weight is 185 g/mol. The quantitative estimate of drug-likeness (QED) is 0.349. The first-order chi connectivity index (χ1) is 6.16. The molecule has 72 valence electrons. The van der Waals surface area contributed by atoms with Crippen LogP contribution in [0.5, 0.6) is 0 Å². The number of rotatable bonds is 2. The summed E-state index contributed by atoms with van der Waals surface area (Å²) in [5.41, 5.74) is 0. The van der Waals surface area contributed by atoms with Crippen LogP contribution in [0.4, 0.5) is 0 Å². The predicted molar refractivity (Wildman–Crippen MR) is 42.8 cm³/mol. The Balaban J connectivity index is 2.63. The topological polar surface area (TPSA) is 72.5 Å². The van der Waals surface area contributed by atoms with Gasteiger partial charge in [-0.05, 0) is 13.3 Å². The van der Waals surface area contributed by atoms with Crippen molar-refractivity contribution >= 4 is 17.7 Å². The van der Waals surface area contributed by atoms with Crippen LogP contribution in [0, 0.1) is 5.92 Å². The fourth-order valence-electron chi connectivity index (χ4n) is 1.17. The third kappa shape index (κ3) is 2.05.